The van der Waals surface area contributed by atoms with E-state index in [1.807, 2.05) is 0 Å². The number of methoxy groups -OCH3 is 1. The number of rotatable bonds is 4. The topological polar surface area (TPSA) is 72.5 Å². The number of hydrogen-bond donors (Lipinski definition) is 2. The van der Waals surface area contributed by atoms with Gasteiger partial charge in [0.25, 0.3) is 0 Å². The van der Waals surface area contributed by atoms with Gasteiger partial charge >= 0.3 is 5.97 Å². The lowest BCUT2D eigenvalue weighted by Gasteiger charge is -2.08. The second-order valence-electron chi connectivity index (χ2n) is 3.06. The van der Waals surface area contributed by atoms with E-state index in [9.17, 15) is 4.79 Å². The van der Waals surface area contributed by atoms with Crippen molar-refractivity contribution in [3.05, 3.63) is 28.8 Å². The Kier molecular flexibility index (Phi) is 5.38. The molecule has 0 aliphatic rings. The molecule has 0 amide bonds. The number of carboxylic acid groups (broad SMARTS) is 1. The van der Waals surface area contributed by atoms with Crippen molar-refractivity contribution in [1.82, 2.24) is 0 Å². The van der Waals surface area contributed by atoms with Gasteiger partial charge in [-0.3, -0.25) is 4.79 Å². The Morgan fingerprint density at radius 3 is 3.00 bits per heavy atom. The third-order valence-electron chi connectivity index (χ3n) is 1.92. The zero-order valence-electron chi connectivity index (χ0n) is 9.35. The number of halogens is 2. The molecule has 1 rings (SSSR count). The van der Waals surface area contributed by atoms with Gasteiger partial charge in [-0.25, -0.2) is 0 Å². The van der Waals surface area contributed by atoms with E-state index in [-0.39, 0.29) is 25.9 Å². The molecule has 0 radical (unpaired) electrons. The summed E-state index contributed by atoms with van der Waals surface area (Å²) in [5.41, 5.74) is 6.11. The number of carboxylic acids is 1. The average molecular weight is 267 g/mol. The molecule has 0 saturated carbocycles. The Bertz CT molecular complexity index is 390. The lowest BCUT2D eigenvalue weighted by atomic mass is 10.1. The van der Waals surface area contributed by atoms with Crippen molar-refractivity contribution in [2.24, 2.45) is 5.73 Å². The molecule has 1 atom stereocenters. The van der Waals surface area contributed by atoms with E-state index in [0.29, 0.717) is 16.3 Å². The molecule has 16 heavy (non-hydrogen) atoms. The standard InChI is InChI=1S/C10H12ClNO3.ClH/c1-15-9-5-6(2-3-7(9)11)4-8(12)10(13)14;/h2-3,5,8H,4,12H2,1H3,(H,13,14);1H/t8-;/m0./s1/i1D;. The fraction of sp³-hybridized carbons (Fsp3) is 0.300. The van der Waals surface area contributed by atoms with E-state index >= 15 is 0 Å². The zero-order valence-corrected chi connectivity index (χ0v) is 9.92. The first-order chi connectivity index (χ1) is 7.54. The third-order valence-corrected chi connectivity index (χ3v) is 2.24. The number of nitrogens with two attached hydrogens (primary N) is 1. The van der Waals surface area contributed by atoms with E-state index in [2.05, 4.69) is 0 Å². The summed E-state index contributed by atoms with van der Waals surface area (Å²) in [6.45, 7) is 0. The Morgan fingerprint density at radius 2 is 2.44 bits per heavy atom. The Hall–Kier alpha value is -0.970. The van der Waals surface area contributed by atoms with Crippen LogP contribution in [0.3, 0.4) is 0 Å². The average Bonchev–Trinajstić information content (AvgIpc) is 2.23. The maximum Gasteiger partial charge on any atom is 0.320 e. The maximum absolute atomic E-state index is 10.6. The summed E-state index contributed by atoms with van der Waals surface area (Å²) < 4.78 is 11.9. The van der Waals surface area contributed by atoms with Gasteiger partial charge in [0, 0.05) is 0 Å². The van der Waals surface area contributed by atoms with Gasteiger partial charge in [-0.1, -0.05) is 17.7 Å². The first-order valence-corrected chi connectivity index (χ1v) is 4.61. The SMILES string of the molecule is Cl.[2H]COc1cc(C[C@H](N)C(=O)O)ccc1Cl. The van der Waals surface area contributed by atoms with Crippen molar-refractivity contribution in [3.8, 4) is 5.75 Å². The van der Waals surface area contributed by atoms with E-state index in [0.717, 1.165) is 0 Å². The van der Waals surface area contributed by atoms with E-state index < -0.39 is 12.0 Å². The molecule has 0 aromatic heterocycles. The van der Waals surface area contributed by atoms with Crippen molar-refractivity contribution >= 4 is 30.0 Å². The largest absolute Gasteiger partial charge is 0.495 e. The summed E-state index contributed by atoms with van der Waals surface area (Å²) in [5, 5.41) is 9.05. The number of carbonyl (C=O) groups is 1. The molecular weight excluding hydrogens is 253 g/mol. The van der Waals surface area contributed by atoms with Gasteiger partial charge in [-0.2, -0.15) is 0 Å². The fourth-order valence-corrected chi connectivity index (χ4v) is 1.30. The molecule has 6 heteroatoms. The van der Waals surface area contributed by atoms with Crippen molar-refractivity contribution < 1.29 is 16.0 Å². The molecule has 4 nitrogen and oxygen atoms in total. The summed E-state index contributed by atoms with van der Waals surface area (Å²) in [5.74, 6) is -0.690. The van der Waals surface area contributed by atoms with Crippen LogP contribution in [0, 0.1) is 0 Å². The van der Waals surface area contributed by atoms with Crippen LogP contribution < -0.4 is 10.5 Å². The van der Waals surface area contributed by atoms with E-state index in [1.165, 1.54) is 0 Å². The molecule has 0 aliphatic carbocycles. The quantitative estimate of drug-likeness (QED) is 0.871. The molecule has 3 N–H and O–H groups in total. The molecule has 0 bridgehead atoms. The number of benzene rings is 1. The van der Waals surface area contributed by atoms with Crippen molar-refractivity contribution in [3.63, 3.8) is 0 Å². The Balaban J connectivity index is 0.00000256. The van der Waals surface area contributed by atoms with Crippen LogP contribution in [0.5, 0.6) is 5.75 Å². The smallest absolute Gasteiger partial charge is 0.320 e. The van der Waals surface area contributed by atoms with Crippen LogP contribution in [0.2, 0.25) is 5.02 Å². The predicted molar refractivity (Wildman–Crippen MR) is 64.6 cm³/mol. The monoisotopic (exact) mass is 266 g/mol. The van der Waals surface area contributed by atoms with Gasteiger partial charge in [0.1, 0.15) is 11.8 Å². The zero-order chi connectivity index (χ0) is 12.1. The highest BCUT2D eigenvalue weighted by Gasteiger charge is 2.13. The van der Waals surface area contributed by atoms with Crippen LogP contribution >= 0.6 is 24.0 Å². The maximum atomic E-state index is 10.6. The van der Waals surface area contributed by atoms with Gasteiger partial charge < -0.3 is 15.6 Å². The number of ether oxygens (including phenoxy) is 1. The van der Waals surface area contributed by atoms with E-state index in [4.69, 9.17) is 28.5 Å². The number of hydrogen-bond acceptors (Lipinski definition) is 3. The summed E-state index contributed by atoms with van der Waals surface area (Å²) >= 11 is 5.82. The normalized spacial score (nSPS) is 12.2. The van der Waals surface area contributed by atoms with Crippen LogP contribution in [-0.4, -0.2) is 24.2 Å². The minimum absolute atomic E-state index is 0. The van der Waals surface area contributed by atoms with Crippen LogP contribution in [0.25, 0.3) is 0 Å². The summed E-state index contributed by atoms with van der Waals surface area (Å²) in [6.07, 6.45) is 0.195. The van der Waals surface area contributed by atoms with Crippen molar-refractivity contribution in [2.75, 3.05) is 7.09 Å². The second-order valence-corrected chi connectivity index (χ2v) is 3.47. The van der Waals surface area contributed by atoms with Crippen LogP contribution in [0.1, 0.15) is 6.93 Å². The minimum Gasteiger partial charge on any atom is -0.495 e. The highest BCUT2D eigenvalue weighted by molar-refractivity contribution is 6.32. The van der Waals surface area contributed by atoms with E-state index in [1.54, 1.807) is 18.2 Å². The molecule has 90 valence electrons. The highest BCUT2D eigenvalue weighted by Crippen LogP contribution is 2.25. The minimum atomic E-state index is -1.06. The van der Waals surface area contributed by atoms with Gasteiger partial charge in [-0.15, -0.1) is 12.4 Å². The first-order valence-electron chi connectivity index (χ1n) is 4.94. The summed E-state index contributed by atoms with van der Waals surface area (Å²) in [7, 11) is -0.242. The number of aliphatic carboxylic acids is 1. The van der Waals surface area contributed by atoms with Crippen molar-refractivity contribution in [2.45, 2.75) is 12.5 Å². The lowest BCUT2D eigenvalue weighted by Crippen LogP contribution is -2.32. The molecule has 0 saturated heterocycles. The first kappa shape index (κ1) is 13.1. The molecule has 0 unspecified atom stereocenters. The summed E-state index contributed by atoms with van der Waals surface area (Å²) in [4.78, 5) is 10.6. The van der Waals surface area contributed by atoms with Gasteiger partial charge in [0.2, 0.25) is 0 Å². The summed E-state index contributed by atoms with van der Waals surface area (Å²) in [6, 6.07) is 3.92. The molecular formula is C10H13Cl2NO3. The third kappa shape index (κ3) is 3.89. The highest BCUT2D eigenvalue weighted by atomic mass is 35.5. The molecule has 1 aromatic carbocycles. The van der Waals surface area contributed by atoms with Crippen molar-refractivity contribution in [1.29, 1.82) is 0 Å². The van der Waals surface area contributed by atoms with Gasteiger partial charge in [0.15, 0.2) is 0 Å². The Morgan fingerprint density at radius 1 is 1.75 bits per heavy atom. The van der Waals surface area contributed by atoms with Gasteiger partial charge in [-0.05, 0) is 24.1 Å². The fourth-order valence-electron chi connectivity index (χ4n) is 1.13. The molecule has 1 aromatic rings. The molecule has 0 spiro atoms. The molecule has 0 fully saturated rings. The van der Waals surface area contributed by atoms with Gasteiger partial charge in [0.05, 0.1) is 13.5 Å². The van der Waals surface area contributed by atoms with Crippen LogP contribution in [0.15, 0.2) is 18.2 Å². The molecule has 0 heterocycles. The molecule has 0 aliphatic heterocycles. The predicted octanol–water partition coefficient (Wildman–Crippen LogP) is 1.72. The van der Waals surface area contributed by atoms with Crippen LogP contribution in [-0.2, 0) is 11.2 Å². The lowest BCUT2D eigenvalue weighted by molar-refractivity contribution is -0.138. The van der Waals surface area contributed by atoms with Crippen LogP contribution in [0.4, 0.5) is 0 Å². The second kappa shape index (κ2) is 6.58. The Labute approximate surface area is 106 Å².